The Morgan fingerprint density at radius 3 is 2.93 bits per heavy atom. The number of hydrogen-bond acceptors (Lipinski definition) is 1. The average Bonchev–Trinajstić information content (AvgIpc) is 2.61. The predicted molar refractivity (Wildman–Crippen MR) is 64.0 cm³/mol. The zero-order valence-electron chi connectivity index (χ0n) is 9.70. The lowest BCUT2D eigenvalue weighted by Crippen LogP contribution is -1.98. The molecule has 2 heteroatoms. The van der Waals surface area contributed by atoms with E-state index in [4.69, 9.17) is 0 Å². The third kappa shape index (κ3) is 1.76. The third-order valence-corrected chi connectivity index (χ3v) is 3.04. The molecule has 0 fully saturated rings. The lowest BCUT2D eigenvalue weighted by atomic mass is 9.95. The van der Waals surface area contributed by atoms with E-state index >= 15 is 0 Å². The molecule has 0 spiro atoms. The Kier molecular flexibility index (Phi) is 2.76. The van der Waals surface area contributed by atoms with Crippen molar-refractivity contribution in [3.63, 3.8) is 0 Å². The topological polar surface area (TPSA) is 17.8 Å². The van der Waals surface area contributed by atoms with Crippen LogP contribution in [0.15, 0.2) is 24.4 Å². The Morgan fingerprint density at radius 1 is 1.40 bits per heavy atom. The number of aryl methyl sites for hydroxylation is 1. The second kappa shape index (κ2) is 4.05. The number of hydrogen-bond donors (Lipinski definition) is 0. The van der Waals surface area contributed by atoms with E-state index in [9.17, 15) is 0 Å². The first-order valence-electron chi connectivity index (χ1n) is 5.64. The first-order valence-corrected chi connectivity index (χ1v) is 5.64. The van der Waals surface area contributed by atoms with Crippen LogP contribution in [-0.2, 0) is 7.05 Å². The molecule has 1 aromatic heterocycles. The Balaban J connectivity index is 2.54. The van der Waals surface area contributed by atoms with Crippen molar-refractivity contribution >= 4 is 10.9 Å². The predicted octanol–water partition coefficient (Wildman–Crippen LogP) is 3.48. The van der Waals surface area contributed by atoms with Gasteiger partial charge in [0.1, 0.15) is 0 Å². The van der Waals surface area contributed by atoms with Crippen LogP contribution >= 0.6 is 0 Å². The minimum Gasteiger partial charge on any atom is -0.268 e. The van der Waals surface area contributed by atoms with E-state index < -0.39 is 0 Å². The molecule has 0 saturated heterocycles. The molecule has 1 atom stereocenters. The molecule has 0 amide bonds. The van der Waals surface area contributed by atoms with Gasteiger partial charge in [0.2, 0.25) is 0 Å². The summed E-state index contributed by atoms with van der Waals surface area (Å²) in [5, 5.41) is 5.56. The molecule has 0 aliphatic carbocycles. The standard InChI is InChI=1S/C13H18N2/c1-4-6-10(2)12-8-5-7-11-9-14-15(3)13(11)12/h5,7-10H,4,6H2,1-3H3. The molecule has 80 valence electrons. The van der Waals surface area contributed by atoms with Gasteiger partial charge in [-0.05, 0) is 17.9 Å². The molecule has 0 N–H and O–H groups in total. The van der Waals surface area contributed by atoms with Crippen LogP contribution < -0.4 is 0 Å². The van der Waals surface area contributed by atoms with Crippen LogP contribution in [0.2, 0.25) is 0 Å². The molecule has 2 rings (SSSR count). The number of aromatic nitrogens is 2. The van der Waals surface area contributed by atoms with E-state index in [0.717, 1.165) is 0 Å². The highest BCUT2D eigenvalue weighted by Gasteiger charge is 2.11. The minimum atomic E-state index is 0.620. The van der Waals surface area contributed by atoms with Crippen molar-refractivity contribution in [1.82, 2.24) is 9.78 Å². The second-order valence-electron chi connectivity index (χ2n) is 4.24. The fourth-order valence-corrected chi connectivity index (χ4v) is 2.25. The molecular formula is C13H18N2. The summed E-state index contributed by atoms with van der Waals surface area (Å²) in [6, 6.07) is 6.49. The highest BCUT2D eigenvalue weighted by atomic mass is 15.2. The van der Waals surface area contributed by atoms with Gasteiger partial charge in [0, 0.05) is 12.4 Å². The molecule has 0 aliphatic heterocycles. The van der Waals surface area contributed by atoms with Gasteiger partial charge in [-0.1, -0.05) is 38.5 Å². The van der Waals surface area contributed by atoms with Gasteiger partial charge in [-0.15, -0.1) is 0 Å². The molecule has 0 saturated carbocycles. The van der Waals surface area contributed by atoms with Crippen molar-refractivity contribution in [1.29, 1.82) is 0 Å². The summed E-state index contributed by atoms with van der Waals surface area (Å²) in [5.74, 6) is 0.620. The van der Waals surface area contributed by atoms with Crippen LogP contribution in [0, 0.1) is 0 Å². The maximum Gasteiger partial charge on any atom is 0.0713 e. The van der Waals surface area contributed by atoms with Crippen molar-refractivity contribution in [3.8, 4) is 0 Å². The van der Waals surface area contributed by atoms with Crippen LogP contribution in [0.5, 0.6) is 0 Å². The summed E-state index contributed by atoms with van der Waals surface area (Å²) >= 11 is 0. The number of rotatable bonds is 3. The molecule has 0 bridgehead atoms. The number of nitrogens with zero attached hydrogens (tertiary/aromatic N) is 2. The zero-order chi connectivity index (χ0) is 10.8. The first-order chi connectivity index (χ1) is 7.24. The van der Waals surface area contributed by atoms with E-state index in [0.29, 0.717) is 5.92 Å². The van der Waals surface area contributed by atoms with Gasteiger partial charge < -0.3 is 0 Å². The maximum atomic E-state index is 4.32. The normalized spacial score (nSPS) is 13.3. The van der Waals surface area contributed by atoms with Crippen molar-refractivity contribution in [3.05, 3.63) is 30.0 Å². The van der Waals surface area contributed by atoms with Gasteiger partial charge >= 0.3 is 0 Å². The van der Waals surface area contributed by atoms with Crippen molar-refractivity contribution in [2.75, 3.05) is 0 Å². The van der Waals surface area contributed by atoms with Crippen molar-refractivity contribution in [2.45, 2.75) is 32.6 Å². The maximum absolute atomic E-state index is 4.32. The number of fused-ring (bicyclic) bond motifs is 1. The smallest absolute Gasteiger partial charge is 0.0713 e. The summed E-state index contributed by atoms with van der Waals surface area (Å²) in [6.45, 7) is 4.53. The largest absolute Gasteiger partial charge is 0.268 e. The summed E-state index contributed by atoms with van der Waals surface area (Å²) in [5.41, 5.74) is 2.72. The zero-order valence-corrected chi connectivity index (χ0v) is 9.70. The SMILES string of the molecule is CCCC(C)c1cccc2cnn(C)c12. The molecule has 1 aromatic carbocycles. The first kappa shape index (κ1) is 10.2. The summed E-state index contributed by atoms with van der Waals surface area (Å²) in [4.78, 5) is 0. The van der Waals surface area contributed by atoms with Crippen LogP contribution in [0.4, 0.5) is 0 Å². The van der Waals surface area contributed by atoms with E-state index in [1.54, 1.807) is 0 Å². The Hall–Kier alpha value is -1.31. The highest BCUT2D eigenvalue weighted by molar-refractivity contribution is 5.82. The fraction of sp³-hybridized carbons (Fsp3) is 0.462. The summed E-state index contributed by atoms with van der Waals surface area (Å²) < 4.78 is 1.98. The van der Waals surface area contributed by atoms with Gasteiger partial charge in [-0.25, -0.2) is 0 Å². The van der Waals surface area contributed by atoms with Gasteiger partial charge in [0.05, 0.1) is 11.7 Å². The Morgan fingerprint density at radius 2 is 2.20 bits per heavy atom. The molecule has 2 aromatic rings. The van der Waals surface area contributed by atoms with Gasteiger partial charge in [0.15, 0.2) is 0 Å². The lowest BCUT2D eigenvalue weighted by molar-refractivity contribution is 0.663. The molecule has 0 aliphatic rings. The van der Waals surface area contributed by atoms with E-state index in [1.807, 2.05) is 17.9 Å². The van der Waals surface area contributed by atoms with E-state index in [2.05, 4.69) is 37.1 Å². The number of benzene rings is 1. The molecule has 1 heterocycles. The van der Waals surface area contributed by atoms with E-state index in [-0.39, 0.29) is 0 Å². The van der Waals surface area contributed by atoms with Crippen molar-refractivity contribution < 1.29 is 0 Å². The van der Waals surface area contributed by atoms with Gasteiger partial charge in [-0.2, -0.15) is 5.10 Å². The lowest BCUT2D eigenvalue weighted by Gasteiger charge is -2.12. The summed E-state index contributed by atoms with van der Waals surface area (Å²) in [6.07, 6.45) is 4.41. The summed E-state index contributed by atoms with van der Waals surface area (Å²) in [7, 11) is 2.02. The quantitative estimate of drug-likeness (QED) is 0.745. The fourth-order valence-electron chi connectivity index (χ4n) is 2.25. The van der Waals surface area contributed by atoms with Crippen LogP contribution in [0.25, 0.3) is 10.9 Å². The van der Waals surface area contributed by atoms with Crippen LogP contribution in [0.1, 0.15) is 38.2 Å². The van der Waals surface area contributed by atoms with Crippen LogP contribution in [-0.4, -0.2) is 9.78 Å². The average molecular weight is 202 g/mol. The minimum absolute atomic E-state index is 0.620. The van der Waals surface area contributed by atoms with Gasteiger partial charge in [-0.3, -0.25) is 4.68 Å². The highest BCUT2D eigenvalue weighted by Crippen LogP contribution is 2.27. The van der Waals surface area contributed by atoms with E-state index in [1.165, 1.54) is 29.3 Å². The Bertz CT molecular complexity index is 457. The molecular weight excluding hydrogens is 184 g/mol. The number of para-hydroxylation sites is 1. The monoisotopic (exact) mass is 202 g/mol. The molecule has 2 nitrogen and oxygen atoms in total. The molecule has 1 unspecified atom stereocenters. The third-order valence-electron chi connectivity index (χ3n) is 3.04. The van der Waals surface area contributed by atoms with Crippen molar-refractivity contribution in [2.24, 2.45) is 7.05 Å². The van der Waals surface area contributed by atoms with Crippen LogP contribution in [0.3, 0.4) is 0 Å². The molecule has 0 radical (unpaired) electrons. The Labute approximate surface area is 90.9 Å². The second-order valence-corrected chi connectivity index (χ2v) is 4.24. The van der Waals surface area contributed by atoms with Gasteiger partial charge in [0.25, 0.3) is 0 Å². The molecule has 15 heavy (non-hydrogen) atoms.